The number of nitrogens with zero attached hydrogens (tertiary/aromatic N) is 2. The Bertz CT molecular complexity index is 541. The molecule has 0 saturated heterocycles. The minimum Gasteiger partial charge on any atom is -0.480 e. The highest BCUT2D eigenvalue weighted by Crippen LogP contribution is 2.35. The SMILES string of the molecule is COc1nccc([N+](=O)[O-])c1-c1ccccc1. The van der Waals surface area contributed by atoms with Crippen molar-refractivity contribution < 1.29 is 9.66 Å². The van der Waals surface area contributed by atoms with Crippen LogP contribution in [-0.4, -0.2) is 17.0 Å². The fourth-order valence-corrected chi connectivity index (χ4v) is 1.62. The molecule has 0 unspecified atom stereocenters. The molecule has 1 aromatic heterocycles. The summed E-state index contributed by atoms with van der Waals surface area (Å²) in [7, 11) is 1.44. The minimum absolute atomic E-state index is 0.0111. The second-order valence-corrected chi connectivity index (χ2v) is 3.34. The second kappa shape index (κ2) is 4.61. The van der Waals surface area contributed by atoms with Gasteiger partial charge in [-0.2, -0.15) is 0 Å². The van der Waals surface area contributed by atoms with E-state index in [1.54, 1.807) is 12.1 Å². The molecular formula is C12H10N2O3. The molecular weight excluding hydrogens is 220 g/mol. The molecule has 1 heterocycles. The van der Waals surface area contributed by atoms with Gasteiger partial charge in [-0.05, 0) is 5.56 Å². The lowest BCUT2D eigenvalue weighted by molar-refractivity contribution is -0.384. The van der Waals surface area contributed by atoms with E-state index in [1.807, 2.05) is 18.2 Å². The summed E-state index contributed by atoms with van der Waals surface area (Å²) in [5.74, 6) is 0.255. The van der Waals surface area contributed by atoms with Crippen molar-refractivity contribution in [2.24, 2.45) is 0 Å². The predicted molar refractivity (Wildman–Crippen MR) is 62.9 cm³/mol. The van der Waals surface area contributed by atoms with Gasteiger partial charge < -0.3 is 4.74 Å². The average Bonchev–Trinajstić information content (AvgIpc) is 2.38. The summed E-state index contributed by atoms with van der Waals surface area (Å²) in [6.07, 6.45) is 1.36. The topological polar surface area (TPSA) is 65.3 Å². The van der Waals surface area contributed by atoms with E-state index in [9.17, 15) is 10.1 Å². The number of hydrogen-bond donors (Lipinski definition) is 0. The maximum absolute atomic E-state index is 11.0. The number of benzene rings is 1. The van der Waals surface area contributed by atoms with Crippen LogP contribution in [0.25, 0.3) is 11.1 Å². The lowest BCUT2D eigenvalue weighted by Crippen LogP contribution is -1.97. The highest BCUT2D eigenvalue weighted by atomic mass is 16.6. The van der Waals surface area contributed by atoms with Crippen molar-refractivity contribution in [3.05, 3.63) is 52.7 Å². The van der Waals surface area contributed by atoms with Crippen LogP contribution in [-0.2, 0) is 0 Å². The van der Waals surface area contributed by atoms with Gasteiger partial charge in [0.25, 0.3) is 5.69 Å². The number of ether oxygens (including phenoxy) is 1. The summed E-state index contributed by atoms with van der Waals surface area (Å²) in [5, 5.41) is 11.0. The lowest BCUT2D eigenvalue weighted by atomic mass is 10.1. The van der Waals surface area contributed by atoms with Crippen LogP contribution in [0, 0.1) is 10.1 Å². The maximum Gasteiger partial charge on any atom is 0.284 e. The molecule has 86 valence electrons. The number of pyridine rings is 1. The molecule has 0 radical (unpaired) electrons. The van der Waals surface area contributed by atoms with E-state index < -0.39 is 4.92 Å². The zero-order valence-electron chi connectivity index (χ0n) is 9.16. The molecule has 0 amide bonds. The first-order chi connectivity index (χ1) is 8.24. The Hall–Kier alpha value is -2.43. The smallest absolute Gasteiger partial charge is 0.284 e. The quantitative estimate of drug-likeness (QED) is 0.600. The number of aromatic nitrogens is 1. The largest absolute Gasteiger partial charge is 0.480 e. The first-order valence-electron chi connectivity index (χ1n) is 4.97. The van der Waals surface area contributed by atoms with Crippen LogP contribution in [0.4, 0.5) is 5.69 Å². The minimum atomic E-state index is -0.438. The molecule has 0 atom stereocenters. The maximum atomic E-state index is 11.0. The fraction of sp³-hybridized carbons (Fsp3) is 0.0833. The van der Waals surface area contributed by atoms with Crippen molar-refractivity contribution in [3.8, 4) is 17.0 Å². The molecule has 0 bridgehead atoms. The van der Waals surface area contributed by atoms with Gasteiger partial charge in [-0.15, -0.1) is 0 Å². The van der Waals surface area contributed by atoms with E-state index in [4.69, 9.17) is 4.74 Å². The van der Waals surface area contributed by atoms with Crippen LogP contribution in [0.1, 0.15) is 0 Å². The highest BCUT2D eigenvalue weighted by Gasteiger charge is 2.20. The van der Waals surface area contributed by atoms with Crippen LogP contribution in [0.2, 0.25) is 0 Å². The van der Waals surface area contributed by atoms with Crippen molar-refractivity contribution in [2.45, 2.75) is 0 Å². The molecule has 0 fully saturated rings. The molecule has 2 rings (SSSR count). The number of hydrogen-bond acceptors (Lipinski definition) is 4. The van der Waals surface area contributed by atoms with Gasteiger partial charge in [0.2, 0.25) is 5.88 Å². The van der Waals surface area contributed by atoms with Gasteiger partial charge in [0.1, 0.15) is 5.56 Å². The second-order valence-electron chi connectivity index (χ2n) is 3.34. The molecule has 0 saturated carbocycles. The zero-order valence-corrected chi connectivity index (χ0v) is 9.16. The van der Waals surface area contributed by atoms with Gasteiger partial charge in [-0.1, -0.05) is 30.3 Å². The van der Waals surface area contributed by atoms with Crippen LogP contribution in [0.15, 0.2) is 42.6 Å². The summed E-state index contributed by atoms with van der Waals surface area (Å²) < 4.78 is 5.08. The number of methoxy groups -OCH3 is 1. The number of nitro groups is 1. The first kappa shape index (κ1) is 11.1. The molecule has 0 aliphatic heterocycles. The van der Waals surface area contributed by atoms with Crippen molar-refractivity contribution in [3.63, 3.8) is 0 Å². The Labute approximate surface area is 97.8 Å². The van der Waals surface area contributed by atoms with E-state index in [0.717, 1.165) is 0 Å². The van der Waals surface area contributed by atoms with E-state index in [0.29, 0.717) is 11.1 Å². The van der Waals surface area contributed by atoms with Gasteiger partial charge in [0.05, 0.1) is 12.0 Å². The third kappa shape index (κ3) is 2.08. The summed E-state index contributed by atoms with van der Waals surface area (Å²) in [4.78, 5) is 14.5. The highest BCUT2D eigenvalue weighted by molar-refractivity contribution is 5.77. The first-order valence-corrected chi connectivity index (χ1v) is 4.97. The molecule has 2 aromatic rings. The molecule has 0 N–H and O–H groups in total. The van der Waals surface area contributed by atoms with Crippen LogP contribution in [0.5, 0.6) is 5.88 Å². The van der Waals surface area contributed by atoms with Gasteiger partial charge in [0, 0.05) is 12.3 Å². The summed E-state index contributed by atoms with van der Waals surface area (Å²) >= 11 is 0. The van der Waals surface area contributed by atoms with E-state index in [-0.39, 0.29) is 11.6 Å². The Morgan fingerprint density at radius 1 is 1.24 bits per heavy atom. The van der Waals surface area contributed by atoms with Crippen LogP contribution in [0.3, 0.4) is 0 Å². The zero-order chi connectivity index (χ0) is 12.3. The molecule has 0 aliphatic rings. The van der Waals surface area contributed by atoms with E-state index in [2.05, 4.69) is 4.98 Å². The molecule has 17 heavy (non-hydrogen) atoms. The van der Waals surface area contributed by atoms with Crippen molar-refractivity contribution in [1.29, 1.82) is 0 Å². The Balaban J connectivity index is 2.69. The molecule has 5 nitrogen and oxygen atoms in total. The number of rotatable bonds is 3. The van der Waals surface area contributed by atoms with Crippen LogP contribution >= 0.6 is 0 Å². The molecule has 0 aliphatic carbocycles. The Morgan fingerprint density at radius 2 is 1.94 bits per heavy atom. The Morgan fingerprint density at radius 3 is 2.53 bits per heavy atom. The standard InChI is InChI=1S/C12H10N2O3/c1-17-12-11(9-5-3-2-4-6-9)10(14(15)16)7-8-13-12/h2-8H,1H3. The van der Waals surface area contributed by atoms with Crippen molar-refractivity contribution >= 4 is 5.69 Å². The molecule has 0 spiro atoms. The summed E-state index contributed by atoms with van der Waals surface area (Å²) in [6.45, 7) is 0. The van der Waals surface area contributed by atoms with E-state index >= 15 is 0 Å². The molecule has 1 aromatic carbocycles. The van der Waals surface area contributed by atoms with Gasteiger partial charge in [0.15, 0.2) is 0 Å². The van der Waals surface area contributed by atoms with Gasteiger partial charge in [-0.3, -0.25) is 10.1 Å². The van der Waals surface area contributed by atoms with Crippen molar-refractivity contribution in [1.82, 2.24) is 4.98 Å². The normalized spacial score (nSPS) is 9.94. The summed E-state index contributed by atoms with van der Waals surface area (Å²) in [5.41, 5.74) is 1.10. The van der Waals surface area contributed by atoms with Crippen LogP contribution < -0.4 is 4.74 Å². The fourth-order valence-electron chi connectivity index (χ4n) is 1.62. The average molecular weight is 230 g/mol. The van der Waals surface area contributed by atoms with Crippen molar-refractivity contribution in [2.75, 3.05) is 7.11 Å². The third-order valence-electron chi connectivity index (χ3n) is 2.35. The lowest BCUT2D eigenvalue weighted by Gasteiger charge is -2.07. The molecule has 5 heteroatoms. The predicted octanol–water partition coefficient (Wildman–Crippen LogP) is 2.67. The Kier molecular flexibility index (Phi) is 3.00. The monoisotopic (exact) mass is 230 g/mol. The van der Waals surface area contributed by atoms with Gasteiger partial charge >= 0.3 is 0 Å². The van der Waals surface area contributed by atoms with E-state index in [1.165, 1.54) is 19.4 Å². The summed E-state index contributed by atoms with van der Waals surface area (Å²) in [6, 6.07) is 10.4. The third-order valence-corrected chi connectivity index (χ3v) is 2.35. The van der Waals surface area contributed by atoms with Gasteiger partial charge in [-0.25, -0.2) is 4.98 Å².